The zero-order valence-electron chi connectivity index (χ0n) is 18.0. The number of alkyl halides is 2. The molecule has 3 amide bonds. The molecular weight excluding hydrogens is 463 g/mol. The highest BCUT2D eigenvalue weighted by atomic mass is 35.5. The van der Waals surface area contributed by atoms with Crippen molar-refractivity contribution in [3.63, 3.8) is 0 Å². The Labute approximate surface area is 193 Å². The van der Waals surface area contributed by atoms with Crippen LogP contribution >= 0.6 is 11.6 Å². The second kappa shape index (κ2) is 8.86. The van der Waals surface area contributed by atoms with E-state index >= 15 is 0 Å². The van der Waals surface area contributed by atoms with E-state index in [9.17, 15) is 22.8 Å². The van der Waals surface area contributed by atoms with Crippen LogP contribution in [-0.2, 0) is 17.8 Å². The van der Waals surface area contributed by atoms with Gasteiger partial charge in [-0.2, -0.15) is 13.9 Å². The predicted molar refractivity (Wildman–Crippen MR) is 114 cm³/mol. The van der Waals surface area contributed by atoms with Crippen molar-refractivity contribution in [2.45, 2.75) is 51.0 Å². The summed E-state index contributed by atoms with van der Waals surface area (Å²) < 4.78 is 44.5. The number of fused-ring (bicyclic) bond motifs is 1. The second-order valence-corrected chi connectivity index (χ2v) is 8.79. The van der Waals surface area contributed by atoms with E-state index in [1.807, 2.05) is 6.92 Å². The number of amides is 3. The van der Waals surface area contributed by atoms with Crippen molar-refractivity contribution in [3.05, 3.63) is 46.5 Å². The number of nitrogens with zero attached hydrogens (tertiary/aromatic N) is 4. The zero-order chi connectivity index (χ0) is 23.9. The number of halogens is 4. The van der Waals surface area contributed by atoms with Crippen LogP contribution in [0.2, 0.25) is 5.02 Å². The first-order chi connectivity index (χ1) is 15.6. The smallest absolute Gasteiger partial charge is 0.334 e. The highest BCUT2D eigenvalue weighted by Crippen LogP contribution is 2.42. The number of aromatic nitrogens is 2. The van der Waals surface area contributed by atoms with Gasteiger partial charge in [-0.15, -0.1) is 0 Å². The fourth-order valence-electron chi connectivity index (χ4n) is 3.96. The lowest BCUT2D eigenvalue weighted by Gasteiger charge is -2.35. The molecule has 1 aliphatic carbocycles. The van der Waals surface area contributed by atoms with Gasteiger partial charge in [0.25, 0.3) is 5.91 Å². The van der Waals surface area contributed by atoms with E-state index in [-0.39, 0.29) is 30.1 Å². The largest absolute Gasteiger partial charge is 0.345 e. The minimum absolute atomic E-state index is 0.109. The molecule has 2 aliphatic rings. The van der Waals surface area contributed by atoms with E-state index in [2.05, 4.69) is 15.2 Å². The Morgan fingerprint density at radius 2 is 2.12 bits per heavy atom. The van der Waals surface area contributed by atoms with E-state index in [0.717, 1.165) is 6.07 Å². The lowest BCUT2D eigenvalue weighted by atomic mass is 10.1. The number of hydrogen-bond acceptors (Lipinski definition) is 4. The summed E-state index contributed by atoms with van der Waals surface area (Å²) >= 11 is 5.79. The number of hydrogen-bond donors (Lipinski definition) is 1. The maximum Gasteiger partial charge on any atom is 0.345 e. The van der Waals surface area contributed by atoms with Crippen LogP contribution in [0, 0.1) is 5.82 Å². The third kappa shape index (κ3) is 4.65. The standard InChI is InChI=1S/C21H23ClF3N5O3/c1-12-9-30-17(10-29(12)20(32)27-13-3-4-16(23)15(22)7-13)14(8-26-30)18(31)28(2)21(5-6-21)11-33-19(24)25/h3-4,7-8,12,19H,5-6,9-11H2,1-2H3,(H,27,32). The minimum Gasteiger partial charge on any atom is -0.334 e. The molecule has 12 heteroatoms. The van der Waals surface area contributed by atoms with Gasteiger partial charge < -0.3 is 19.9 Å². The number of urea groups is 1. The molecule has 1 aromatic carbocycles. The number of likely N-dealkylation sites (N-methyl/N-ethyl adjacent to an activating group) is 1. The molecule has 0 bridgehead atoms. The summed E-state index contributed by atoms with van der Waals surface area (Å²) in [5.74, 6) is -0.962. The Morgan fingerprint density at radius 3 is 2.76 bits per heavy atom. The molecule has 0 radical (unpaired) electrons. The zero-order valence-corrected chi connectivity index (χ0v) is 18.8. The van der Waals surface area contributed by atoms with Gasteiger partial charge in [-0.05, 0) is 38.0 Å². The molecule has 8 nitrogen and oxygen atoms in total. The Bertz CT molecular complexity index is 1080. The third-order valence-corrected chi connectivity index (χ3v) is 6.51. The quantitative estimate of drug-likeness (QED) is 0.672. The first-order valence-corrected chi connectivity index (χ1v) is 10.7. The van der Waals surface area contributed by atoms with Crippen LogP contribution in [0.5, 0.6) is 0 Å². The van der Waals surface area contributed by atoms with Crippen LogP contribution < -0.4 is 5.32 Å². The maximum absolute atomic E-state index is 13.4. The molecule has 2 heterocycles. The van der Waals surface area contributed by atoms with Gasteiger partial charge in [-0.25, -0.2) is 9.18 Å². The number of carbonyl (C=O) groups excluding carboxylic acids is 2. The van der Waals surface area contributed by atoms with E-state index < -0.39 is 24.0 Å². The van der Waals surface area contributed by atoms with Crippen molar-refractivity contribution in [1.82, 2.24) is 19.6 Å². The third-order valence-electron chi connectivity index (χ3n) is 6.22. The van der Waals surface area contributed by atoms with Crippen LogP contribution in [0.3, 0.4) is 0 Å². The Morgan fingerprint density at radius 1 is 1.39 bits per heavy atom. The van der Waals surface area contributed by atoms with Crippen molar-refractivity contribution >= 4 is 29.2 Å². The number of ether oxygens (including phenoxy) is 1. The fraction of sp³-hybridized carbons (Fsp3) is 0.476. The molecular formula is C21H23ClF3N5O3. The lowest BCUT2D eigenvalue weighted by molar-refractivity contribution is -0.141. The van der Waals surface area contributed by atoms with E-state index in [4.69, 9.17) is 11.6 Å². The molecule has 1 N–H and O–H groups in total. The summed E-state index contributed by atoms with van der Waals surface area (Å²) in [7, 11) is 1.56. The van der Waals surface area contributed by atoms with Gasteiger partial charge in [0.15, 0.2) is 0 Å². The van der Waals surface area contributed by atoms with Gasteiger partial charge in [-0.1, -0.05) is 11.6 Å². The highest BCUT2D eigenvalue weighted by molar-refractivity contribution is 6.31. The van der Waals surface area contributed by atoms with Gasteiger partial charge in [0.2, 0.25) is 0 Å². The first-order valence-electron chi connectivity index (χ1n) is 10.4. The first kappa shape index (κ1) is 23.4. The van der Waals surface area contributed by atoms with Crippen molar-refractivity contribution < 1.29 is 27.5 Å². The molecule has 178 valence electrons. The van der Waals surface area contributed by atoms with Crippen LogP contribution in [-0.4, -0.2) is 63.4 Å². The number of benzene rings is 1. The Hall–Kier alpha value is -2.79. The maximum atomic E-state index is 13.4. The van der Waals surface area contributed by atoms with Gasteiger partial charge in [0, 0.05) is 12.7 Å². The van der Waals surface area contributed by atoms with Crippen molar-refractivity contribution in [2.24, 2.45) is 0 Å². The molecule has 1 unspecified atom stereocenters. The van der Waals surface area contributed by atoms with Crippen molar-refractivity contribution in [3.8, 4) is 0 Å². The normalized spacial score (nSPS) is 18.8. The Balaban J connectivity index is 1.50. The average Bonchev–Trinajstić information content (AvgIpc) is 3.46. The summed E-state index contributed by atoms with van der Waals surface area (Å²) in [5.41, 5.74) is 0.421. The molecule has 1 fully saturated rings. The van der Waals surface area contributed by atoms with Crippen LogP contribution in [0.4, 0.5) is 23.7 Å². The highest BCUT2D eigenvalue weighted by Gasteiger charge is 2.50. The molecule has 0 saturated heterocycles. The molecule has 1 atom stereocenters. The molecule has 1 aliphatic heterocycles. The Kier molecular flexibility index (Phi) is 6.28. The van der Waals surface area contributed by atoms with Gasteiger partial charge >= 0.3 is 12.6 Å². The summed E-state index contributed by atoms with van der Waals surface area (Å²) in [5, 5.41) is 6.86. The number of carbonyl (C=O) groups is 2. The fourth-order valence-corrected chi connectivity index (χ4v) is 4.14. The predicted octanol–water partition coefficient (Wildman–Crippen LogP) is 3.96. The molecule has 0 spiro atoms. The van der Waals surface area contributed by atoms with Crippen LogP contribution in [0.15, 0.2) is 24.4 Å². The monoisotopic (exact) mass is 485 g/mol. The molecule has 33 heavy (non-hydrogen) atoms. The van der Waals surface area contributed by atoms with Gasteiger partial charge in [0.1, 0.15) is 5.82 Å². The number of anilines is 1. The van der Waals surface area contributed by atoms with E-state index in [1.54, 1.807) is 11.7 Å². The summed E-state index contributed by atoms with van der Waals surface area (Å²) in [6.07, 6.45) is 2.57. The second-order valence-electron chi connectivity index (χ2n) is 8.38. The molecule has 1 aromatic heterocycles. The van der Waals surface area contributed by atoms with E-state index in [0.29, 0.717) is 36.3 Å². The minimum atomic E-state index is -2.90. The summed E-state index contributed by atoms with van der Waals surface area (Å²) in [6, 6.07) is 3.20. The lowest BCUT2D eigenvalue weighted by Crippen LogP contribution is -2.48. The van der Waals surface area contributed by atoms with Crippen molar-refractivity contribution in [2.75, 3.05) is 19.0 Å². The van der Waals surface area contributed by atoms with Gasteiger partial charge in [0.05, 0.1) is 53.8 Å². The topological polar surface area (TPSA) is 79.7 Å². The summed E-state index contributed by atoms with van der Waals surface area (Å²) in [6.45, 7) is -0.834. The summed E-state index contributed by atoms with van der Waals surface area (Å²) in [4.78, 5) is 29.1. The number of rotatable bonds is 6. The number of nitrogens with one attached hydrogen (secondary N) is 1. The molecule has 4 rings (SSSR count). The van der Waals surface area contributed by atoms with Crippen molar-refractivity contribution in [1.29, 1.82) is 0 Å². The SMILES string of the molecule is CC1Cn2ncc(C(=O)N(C)C3(COC(F)F)CC3)c2CN1C(=O)Nc1ccc(F)c(Cl)c1. The average molecular weight is 486 g/mol. The van der Waals surface area contributed by atoms with Crippen LogP contribution in [0.1, 0.15) is 35.8 Å². The van der Waals surface area contributed by atoms with Crippen LogP contribution in [0.25, 0.3) is 0 Å². The van der Waals surface area contributed by atoms with Gasteiger partial charge in [-0.3, -0.25) is 9.48 Å². The van der Waals surface area contributed by atoms with E-state index in [1.165, 1.54) is 28.1 Å². The molecule has 2 aromatic rings. The molecule has 1 saturated carbocycles.